The van der Waals surface area contributed by atoms with E-state index in [-0.39, 0.29) is 17.9 Å². The molecule has 0 aliphatic heterocycles. The first kappa shape index (κ1) is 16.6. The Hall–Kier alpha value is -3.23. The second kappa shape index (κ2) is 6.34. The van der Waals surface area contributed by atoms with Crippen LogP contribution in [0.1, 0.15) is 44.5 Å². The summed E-state index contributed by atoms with van der Waals surface area (Å²) in [4.78, 5) is 30.1. The van der Waals surface area contributed by atoms with E-state index in [1.54, 1.807) is 6.07 Å². The number of hydrogen-bond acceptors (Lipinski definition) is 4. The smallest absolute Gasteiger partial charge is 0.335 e. The van der Waals surface area contributed by atoms with Gasteiger partial charge in [0.15, 0.2) is 11.5 Å². The number of H-pyrrole nitrogens is 1. The number of aromatic amines is 1. The van der Waals surface area contributed by atoms with Crippen molar-refractivity contribution in [1.29, 1.82) is 0 Å². The molecular formula is C16H13F2N3O4. The number of alkyl halides is 2. The van der Waals surface area contributed by atoms with Gasteiger partial charge in [-0.3, -0.25) is 4.79 Å². The molecule has 130 valence electrons. The Bertz CT molecular complexity index is 962. The second-order valence-corrected chi connectivity index (χ2v) is 5.36. The number of furan rings is 1. The van der Waals surface area contributed by atoms with Gasteiger partial charge in [-0.1, -0.05) is 0 Å². The van der Waals surface area contributed by atoms with Crippen molar-refractivity contribution in [3.05, 3.63) is 52.7 Å². The van der Waals surface area contributed by atoms with Gasteiger partial charge >= 0.3 is 5.97 Å². The van der Waals surface area contributed by atoms with Crippen LogP contribution in [0, 0.1) is 6.92 Å². The molecule has 3 N–H and O–H groups in total. The molecule has 1 aromatic carbocycles. The molecule has 0 atom stereocenters. The number of aryl methyl sites for hydroxylation is 1. The number of halogens is 2. The maximum absolute atomic E-state index is 12.6. The summed E-state index contributed by atoms with van der Waals surface area (Å²) < 4.78 is 30.1. The van der Waals surface area contributed by atoms with Crippen LogP contribution in [0.25, 0.3) is 11.0 Å². The minimum absolute atomic E-state index is 0.0000694. The monoisotopic (exact) mass is 349 g/mol. The molecule has 0 fully saturated rings. The van der Waals surface area contributed by atoms with Crippen LogP contribution in [0.3, 0.4) is 0 Å². The molecule has 0 aliphatic carbocycles. The lowest BCUT2D eigenvalue weighted by Crippen LogP contribution is -2.23. The summed E-state index contributed by atoms with van der Waals surface area (Å²) in [5.41, 5.74) is 1.47. The normalized spacial score (nSPS) is 11.2. The van der Waals surface area contributed by atoms with Gasteiger partial charge in [-0.25, -0.2) is 18.6 Å². The fourth-order valence-electron chi connectivity index (χ4n) is 2.36. The zero-order valence-electron chi connectivity index (χ0n) is 13.0. The van der Waals surface area contributed by atoms with Crippen molar-refractivity contribution in [2.75, 3.05) is 0 Å². The summed E-state index contributed by atoms with van der Waals surface area (Å²) >= 11 is 0. The summed E-state index contributed by atoms with van der Waals surface area (Å²) in [6, 6.07) is 5.52. The quantitative estimate of drug-likeness (QED) is 0.656. The number of nitrogens with zero attached hydrogens (tertiary/aromatic N) is 1. The van der Waals surface area contributed by atoms with E-state index in [0.717, 1.165) is 6.07 Å². The predicted octanol–water partition coefficient (Wildman–Crippen LogP) is 3.03. The molecule has 2 aromatic heterocycles. The van der Waals surface area contributed by atoms with Crippen LogP contribution in [0.5, 0.6) is 0 Å². The van der Waals surface area contributed by atoms with Gasteiger partial charge < -0.3 is 19.8 Å². The van der Waals surface area contributed by atoms with Crippen LogP contribution < -0.4 is 5.32 Å². The number of nitrogens with one attached hydrogen (secondary N) is 2. The van der Waals surface area contributed by atoms with Crippen LogP contribution >= 0.6 is 0 Å². The van der Waals surface area contributed by atoms with E-state index in [0.29, 0.717) is 22.4 Å². The highest BCUT2D eigenvalue weighted by atomic mass is 19.3. The van der Waals surface area contributed by atoms with Gasteiger partial charge in [-0.15, -0.1) is 0 Å². The Labute approximate surface area is 139 Å². The molecule has 0 spiro atoms. The predicted molar refractivity (Wildman–Crippen MR) is 82.6 cm³/mol. The van der Waals surface area contributed by atoms with Crippen LogP contribution in [-0.2, 0) is 6.54 Å². The third-order valence-corrected chi connectivity index (χ3v) is 3.55. The van der Waals surface area contributed by atoms with Gasteiger partial charge in [0.1, 0.15) is 5.82 Å². The molecule has 0 bridgehead atoms. The fourth-order valence-corrected chi connectivity index (χ4v) is 2.36. The Morgan fingerprint density at radius 2 is 2.12 bits per heavy atom. The van der Waals surface area contributed by atoms with E-state index in [9.17, 15) is 18.4 Å². The van der Waals surface area contributed by atoms with Crippen molar-refractivity contribution in [3.63, 3.8) is 0 Å². The van der Waals surface area contributed by atoms with E-state index < -0.39 is 24.1 Å². The standard InChI is InChI=1S/C16H13F2N3O4/c1-7-4-11(14(17)18)25-13(7)15(22)19-6-12-20-9-3-2-8(16(23)24)5-10(9)21-12/h2-5,14H,6H2,1H3,(H,19,22)(H,20,21)(H,23,24). The molecule has 0 saturated heterocycles. The SMILES string of the molecule is Cc1cc(C(F)F)oc1C(=O)NCc1nc2ccc(C(=O)O)cc2[nH]1. The number of imidazole rings is 1. The van der Waals surface area contributed by atoms with Crippen molar-refractivity contribution in [2.24, 2.45) is 0 Å². The first-order valence-electron chi connectivity index (χ1n) is 7.23. The van der Waals surface area contributed by atoms with Gasteiger partial charge in [0.25, 0.3) is 12.3 Å². The van der Waals surface area contributed by atoms with E-state index in [4.69, 9.17) is 9.52 Å². The van der Waals surface area contributed by atoms with Crippen LogP contribution in [0.2, 0.25) is 0 Å². The first-order valence-corrected chi connectivity index (χ1v) is 7.23. The molecule has 9 heteroatoms. The third-order valence-electron chi connectivity index (χ3n) is 3.55. The van der Waals surface area contributed by atoms with Gasteiger partial charge in [0, 0.05) is 5.56 Å². The van der Waals surface area contributed by atoms with Gasteiger partial charge in [0.05, 0.1) is 23.1 Å². The lowest BCUT2D eigenvalue weighted by molar-refractivity contribution is 0.0696. The number of hydrogen-bond donors (Lipinski definition) is 3. The largest absolute Gasteiger partial charge is 0.478 e. The number of carboxylic acid groups (broad SMARTS) is 1. The zero-order valence-corrected chi connectivity index (χ0v) is 13.0. The number of aromatic carboxylic acids is 1. The summed E-state index contributed by atoms with van der Waals surface area (Å²) in [6.45, 7) is 1.50. The van der Waals surface area contributed by atoms with Crippen LogP contribution in [-0.4, -0.2) is 27.0 Å². The summed E-state index contributed by atoms with van der Waals surface area (Å²) in [5, 5.41) is 11.5. The topological polar surface area (TPSA) is 108 Å². The Morgan fingerprint density at radius 1 is 1.36 bits per heavy atom. The maximum Gasteiger partial charge on any atom is 0.335 e. The van der Waals surface area contributed by atoms with Gasteiger partial charge in [-0.2, -0.15) is 0 Å². The van der Waals surface area contributed by atoms with Crippen LogP contribution in [0.4, 0.5) is 8.78 Å². The van der Waals surface area contributed by atoms with E-state index in [2.05, 4.69) is 15.3 Å². The number of carboxylic acids is 1. The fraction of sp³-hybridized carbons (Fsp3) is 0.188. The highest BCUT2D eigenvalue weighted by molar-refractivity contribution is 5.93. The summed E-state index contributed by atoms with van der Waals surface area (Å²) in [6.07, 6.45) is -2.79. The molecule has 0 radical (unpaired) electrons. The number of fused-ring (bicyclic) bond motifs is 1. The van der Waals surface area contributed by atoms with E-state index in [1.165, 1.54) is 19.1 Å². The van der Waals surface area contributed by atoms with Crippen LogP contribution in [0.15, 0.2) is 28.7 Å². The van der Waals surface area contributed by atoms with Crippen molar-refractivity contribution < 1.29 is 27.9 Å². The van der Waals surface area contributed by atoms with E-state index >= 15 is 0 Å². The van der Waals surface area contributed by atoms with Gasteiger partial charge in [0.2, 0.25) is 0 Å². The molecule has 3 aromatic rings. The zero-order chi connectivity index (χ0) is 18.1. The minimum atomic E-state index is -2.79. The van der Waals surface area contributed by atoms with Crippen molar-refractivity contribution in [1.82, 2.24) is 15.3 Å². The van der Waals surface area contributed by atoms with Gasteiger partial charge in [-0.05, 0) is 31.2 Å². The minimum Gasteiger partial charge on any atom is -0.478 e. The number of benzene rings is 1. The molecule has 0 aliphatic rings. The number of aromatic nitrogens is 2. The molecule has 0 saturated carbocycles. The molecular weight excluding hydrogens is 336 g/mol. The Balaban J connectivity index is 1.74. The summed E-state index contributed by atoms with van der Waals surface area (Å²) in [7, 11) is 0. The van der Waals surface area contributed by atoms with Crippen molar-refractivity contribution >= 4 is 22.9 Å². The lowest BCUT2D eigenvalue weighted by Gasteiger charge is -2.01. The van der Waals surface area contributed by atoms with Crippen molar-refractivity contribution in [3.8, 4) is 0 Å². The van der Waals surface area contributed by atoms with E-state index in [1.807, 2.05) is 0 Å². The number of carbonyl (C=O) groups is 2. The molecule has 2 heterocycles. The second-order valence-electron chi connectivity index (χ2n) is 5.36. The molecule has 25 heavy (non-hydrogen) atoms. The number of rotatable bonds is 5. The van der Waals surface area contributed by atoms with Crippen molar-refractivity contribution in [2.45, 2.75) is 19.9 Å². The number of carbonyl (C=O) groups excluding carboxylic acids is 1. The average molecular weight is 349 g/mol. The maximum atomic E-state index is 12.6. The highest BCUT2D eigenvalue weighted by Crippen LogP contribution is 2.24. The first-order chi connectivity index (χ1) is 11.8. The average Bonchev–Trinajstić information content (AvgIpc) is 3.14. The molecule has 0 unspecified atom stereocenters. The molecule has 1 amide bonds. The molecule has 3 rings (SSSR count). The summed E-state index contributed by atoms with van der Waals surface area (Å²) in [5.74, 6) is -2.05. The Morgan fingerprint density at radius 3 is 2.76 bits per heavy atom. The lowest BCUT2D eigenvalue weighted by atomic mass is 10.2. The Kier molecular flexibility index (Phi) is 4.22. The third kappa shape index (κ3) is 3.35. The highest BCUT2D eigenvalue weighted by Gasteiger charge is 2.20. The number of amides is 1. The molecule has 7 nitrogen and oxygen atoms in total.